The highest BCUT2D eigenvalue weighted by atomic mass is 16.5. The number of piperidine rings is 1. The van der Waals surface area contributed by atoms with E-state index in [1.54, 1.807) is 15.4 Å². The van der Waals surface area contributed by atoms with E-state index in [0.29, 0.717) is 28.7 Å². The molecular formula is C29H35N9O2. The minimum Gasteiger partial charge on any atom is -0.474 e. The van der Waals surface area contributed by atoms with E-state index in [4.69, 9.17) is 20.1 Å². The summed E-state index contributed by atoms with van der Waals surface area (Å²) in [7, 11) is 2.11. The number of likely N-dealkylation sites (tertiary alicyclic amines) is 1. The van der Waals surface area contributed by atoms with Gasteiger partial charge in [-0.05, 0) is 50.6 Å². The normalized spacial score (nSPS) is 14.2. The van der Waals surface area contributed by atoms with Gasteiger partial charge in [0, 0.05) is 55.1 Å². The third-order valence-electron chi connectivity index (χ3n) is 6.89. The third kappa shape index (κ3) is 5.74. The van der Waals surface area contributed by atoms with Crippen molar-refractivity contribution in [2.75, 3.05) is 37.3 Å². The Kier molecular flexibility index (Phi) is 8.20. The summed E-state index contributed by atoms with van der Waals surface area (Å²) in [6, 6.07) is 11.2. The maximum Gasteiger partial charge on any atom is 0.278 e. The molecule has 0 amide bonds. The van der Waals surface area contributed by atoms with Crippen LogP contribution in [0.15, 0.2) is 60.0 Å². The fourth-order valence-corrected chi connectivity index (χ4v) is 4.78. The Balaban J connectivity index is 1.50. The molecule has 11 nitrogen and oxygen atoms in total. The highest BCUT2D eigenvalue weighted by molar-refractivity contribution is 5.88. The molecule has 4 aromatic rings. The second-order valence-corrected chi connectivity index (χ2v) is 9.87. The highest BCUT2D eigenvalue weighted by Gasteiger charge is 2.21. The SMILES string of the molecule is C=CCn1c(=O)c2cnc(Nc3ccc(NCCC)c(C=N)c3)nc2n1-c1cccc(OC2CCN(C)CC2)n1. The number of hydrogen-bond donors (Lipinski definition) is 3. The van der Waals surface area contributed by atoms with Gasteiger partial charge in [0.25, 0.3) is 5.56 Å². The summed E-state index contributed by atoms with van der Waals surface area (Å²) >= 11 is 0. The predicted octanol–water partition coefficient (Wildman–Crippen LogP) is 4.20. The van der Waals surface area contributed by atoms with E-state index in [9.17, 15) is 4.79 Å². The molecule has 208 valence electrons. The maximum atomic E-state index is 13.3. The van der Waals surface area contributed by atoms with E-state index < -0.39 is 0 Å². The number of rotatable bonds is 11. The zero-order chi connectivity index (χ0) is 28.1. The van der Waals surface area contributed by atoms with Crippen molar-refractivity contribution in [1.82, 2.24) is 29.2 Å². The van der Waals surface area contributed by atoms with Crippen LogP contribution >= 0.6 is 0 Å². The molecule has 3 N–H and O–H groups in total. The molecule has 40 heavy (non-hydrogen) atoms. The lowest BCUT2D eigenvalue weighted by molar-refractivity contribution is 0.110. The van der Waals surface area contributed by atoms with Crippen molar-refractivity contribution in [2.24, 2.45) is 0 Å². The van der Waals surface area contributed by atoms with Gasteiger partial charge in [0.15, 0.2) is 11.5 Å². The van der Waals surface area contributed by atoms with Crippen molar-refractivity contribution in [3.63, 3.8) is 0 Å². The Morgan fingerprint density at radius 3 is 2.77 bits per heavy atom. The molecule has 11 heteroatoms. The number of pyridine rings is 1. The van der Waals surface area contributed by atoms with Crippen LogP contribution in [0.3, 0.4) is 0 Å². The molecule has 0 atom stereocenters. The highest BCUT2D eigenvalue weighted by Crippen LogP contribution is 2.24. The van der Waals surface area contributed by atoms with E-state index in [-0.39, 0.29) is 18.2 Å². The van der Waals surface area contributed by atoms with E-state index in [1.165, 1.54) is 12.4 Å². The van der Waals surface area contributed by atoms with Crippen LogP contribution in [0.1, 0.15) is 31.7 Å². The van der Waals surface area contributed by atoms with Crippen molar-refractivity contribution in [3.8, 4) is 11.7 Å². The lowest BCUT2D eigenvalue weighted by atomic mass is 10.1. The minimum absolute atomic E-state index is 0.100. The van der Waals surface area contributed by atoms with Gasteiger partial charge < -0.3 is 25.7 Å². The lowest BCUT2D eigenvalue weighted by Crippen LogP contribution is -2.35. The van der Waals surface area contributed by atoms with Gasteiger partial charge in [-0.25, -0.2) is 14.3 Å². The first-order valence-electron chi connectivity index (χ1n) is 13.6. The number of nitrogens with zero attached hydrogens (tertiary/aromatic N) is 6. The molecule has 0 radical (unpaired) electrons. The Bertz CT molecular complexity index is 1570. The molecule has 0 aliphatic carbocycles. The summed E-state index contributed by atoms with van der Waals surface area (Å²) in [5.74, 6) is 1.34. The van der Waals surface area contributed by atoms with E-state index >= 15 is 0 Å². The summed E-state index contributed by atoms with van der Waals surface area (Å²) in [6.07, 6.45) is 7.46. The van der Waals surface area contributed by atoms with Crippen molar-refractivity contribution in [2.45, 2.75) is 38.8 Å². The van der Waals surface area contributed by atoms with Gasteiger partial charge in [-0.3, -0.25) is 4.79 Å². The van der Waals surface area contributed by atoms with Gasteiger partial charge in [0.05, 0.1) is 6.54 Å². The van der Waals surface area contributed by atoms with E-state index in [1.807, 2.05) is 36.4 Å². The first-order chi connectivity index (χ1) is 19.5. The molecule has 0 spiro atoms. The number of anilines is 3. The van der Waals surface area contributed by atoms with Crippen LogP contribution in [-0.2, 0) is 6.54 Å². The van der Waals surface area contributed by atoms with Crippen LogP contribution in [0, 0.1) is 5.41 Å². The summed E-state index contributed by atoms with van der Waals surface area (Å²) < 4.78 is 9.45. The number of benzene rings is 1. The number of nitrogens with one attached hydrogen (secondary N) is 3. The fraction of sp³-hybridized carbons (Fsp3) is 0.345. The first-order valence-corrected chi connectivity index (χ1v) is 13.6. The minimum atomic E-state index is -0.234. The van der Waals surface area contributed by atoms with Gasteiger partial charge >= 0.3 is 0 Å². The van der Waals surface area contributed by atoms with Crippen molar-refractivity contribution in [1.29, 1.82) is 5.41 Å². The monoisotopic (exact) mass is 541 g/mol. The molecule has 1 fully saturated rings. The quantitative estimate of drug-likeness (QED) is 0.191. The van der Waals surface area contributed by atoms with Crippen LogP contribution in [0.2, 0.25) is 0 Å². The number of hydrogen-bond acceptors (Lipinski definition) is 9. The first kappa shape index (κ1) is 27.1. The van der Waals surface area contributed by atoms with Crippen molar-refractivity contribution in [3.05, 3.63) is 71.2 Å². The number of ether oxygens (including phenoxy) is 1. The van der Waals surface area contributed by atoms with E-state index in [0.717, 1.165) is 55.8 Å². The lowest BCUT2D eigenvalue weighted by Gasteiger charge is -2.29. The standard InChI is InChI=1S/C29H35N9O2/c1-4-13-31-24-10-9-21(17-20(24)18-30)33-29-32-19-23-27(35-29)38(37(14-5-2)28(23)39)25-7-6-8-26(34-25)40-22-11-15-36(3)16-12-22/h5-10,17-19,22,30-31H,2,4,11-16H2,1,3H3,(H,32,33,35). The molecule has 0 saturated carbocycles. The molecule has 5 rings (SSSR count). The summed E-state index contributed by atoms with van der Waals surface area (Å²) in [4.78, 5) is 29.5. The molecule has 0 unspecified atom stereocenters. The Morgan fingerprint density at radius 1 is 1.20 bits per heavy atom. The number of fused-ring (bicyclic) bond motifs is 1. The fourth-order valence-electron chi connectivity index (χ4n) is 4.78. The summed E-state index contributed by atoms with van der Waals surface area (Å²) in [5.41, 5.74) is 2.55. The molecular weight excluding hydrogens is 506 g/mol. The molecule has 1 aromatic carbocycles. The summed E-state index contributed by atoms with van der Waals surface area (Å²) in [6.45, 7) is 8.98. The van der Waals surface area contributed by atoms with Crippen molar-refractivity contribution >= 4 is 34.6 Å². The van der Waals surface area contributed by atoms with Crippen LogP contribution in [0.25, 0.3) is 16.9 Å². The zero-order valence-electron chi connectivity index (χ0n) is 22.9. The van der Waals surface area contributed by atoms with Gasteiger partial charge in [0.1, 0.15) is 11.5 Å². The molecule has 1 aliphatic heterocycles. The average Bonchev–Trinajstić information content (AvgIpc) is 3.24. The molecule has 0 bridgehead atoms. The van der Waals surface area contributed by atoms with Gasteiger partial charge in [0.2, 0.25) is 11.8 Å². The Morgan fingerprint density at radius 2 is 2.02 bits per heavy atom. The topological polar surface area (TPSA) is 126 Å². The number of aromatic nitrogens is 5. The average molecular weight is 542 g/mol. The van der Waals surface area contributed by atoms with Crippen LogP contribution in [-0.4, -0.2) is 68.2 Å². The molecule has 3 aromatic heterocycles. The van der Waals surface area contributed by atoms with Crippen LogP contribution < -0.4 is 20.9 Å². The zero-order valence-corrected chi connectivity index (χ0v) is 22.9. The second-order valence-electron chi connectivity index (χ2n) is 9.87. The van der Waals surface area contributed by atoms with Gasteiger partial charge in [-0.15, -0.1) is 6.58 Å². The predicted molar refractivity (Wildman–Crippen MR) is 159 cm³/mol. The van der Waals surface area contributed by atoms with Gasteiger partial charge in [-0.2, -0.15) is 9.97 Å². The molecule has 4 heterocycles. The number of allylic oxidation sites excluding steroid dienone is 1. The van der Waals surface area contributed by atoms with Crippen LogP contribution in [0.4, 0.5) is 17.3 Å². The Hall–Kier alpha value is -4.51. The Labute approximate surface area is 233 Å². The second kappa shape index (κ2) is 12.1. The van der Waals surface area contributed by atoms with Crippen molar-refractivity contribution < 1.29 is 4.74 Å². The smallest absolute Gasteiger partial charge is 0.278 e. The van der Waals surface area contributed by atoms with Gasteiger partial charge in [-0.1, -0.05) is 19.1 Å². The van der Waals surface area contributed by atoms with E-state index in [2.05, 4.69) is 41.1 Å². The third-order valence-corrected chi connectivity index (χ3v) is 6.89. The largest absolute Gasteiger partial charge is 0.474 e. The molecule has 1 saturated heterocycles. The van der Waals surface area contributed by atoms with Crippen LogP contribution in [0.5, 0.6) is 5.88 Å². The summed E-state index contributed by atoms with van der Waals surface area (Å²) in [5, 5.41) is 14.7. The maximum absolute atomic E-state index is 13.3. The molecule has 1 aliphatic rings.